The first-order valence-corrected chi connectivity index (χ1v) is 7.30. The summed E-state index contributed by atoms with van der Waals surface area (Å²) in [6, 6.07) is 5.23. The Bertz CT molecular complexity index is 580. The molecule has 0 aromatic heterocycles. The number of carbonyl (C=O) groups excluding carboxylic acids is 1. The van der Waals surface area contributed by atoms with Crippen LogP contribution in [0, 0.1) is 11.8 Å². The Kier molecular flexibility index (Phi) is 5.24. The Morgan fingerprint density at radius 1 is 1.52 bits per heavy atom. The van der Waals surface area contributed by atoms with Crippen LogP contribution in [0.3, 0.4) is 0 Å². The molecule has 112 valence electrons. The van der Waals surface area contributed by atoms with E-state index in [1.165, 1.54) is 0 Å². The molecule has 1 saturated carbocycles. The van der Waals surface area contributed by atoms with Crippen molar-refractivity contribution in [1.29, 1.82) is 0 Å². The van der Waals surface area contributed by atoms with Crippen LogP contribution < -0.4 is 11.1 Å². The molecule has 0 aliphatic heterocycles. The van der Waals surface area contributed by atoms with Crippen molar-refractivity contribution in [2.24, 2.45) is 5.73 Å². The molecule has 1 fully saturated rings. The first kappa shape index (κ1) is 15.8. The fourth-order valence-electron chi connectivity index (χ4n) is 2.37. The van der Waals surface area contributed by atoms with Gasteiger partial charge in [-0.15, -0.1) is 0 Å². The summed E-state index contributed by atoms with van der Waals surface area (Å²) >= 11 is 6.05. The van der Waals surface area contributed by atoms with Gasteiger partial charge in [-0.3, -0.25) is 4.79 Å². The molecule has 0 bridgehead atoms. The third-order valence-electron chi connectivity index (χ3n) is 3.76. The van der Waals surface area contributed by atoms with Gasteiger partial charge in [0.1, 0.15) is 0 Å². The average molecular weight is 307 g/mol. The van der Waals surface area contributed by atoms with Crippen molar-refractivity contribution in [2.45, 2.75) is 31.3 Å². The zero-order valence-electron chi connectivity index (χ0n) is 12.0. The van der Waals surface area contributed by atoms with E-state index in [1.807, 2.05) is 0 Å². The Balaban J connectivity index is 2.04. The van der Waals surface area contributed by atoms with Gasteiger partial charge in [0.2, 0.25) is 5.91 Å². The largest absolute Gasteiger partial charge is 0.378 e. The standard InChI is InChI=1S/C16H19ClN2O2/c1-21-16(7-3-8-16)11-15(20)19-13-5-6-14(17)12(10-13)4-2-9-18/h5-6,10H,3,7-9,11,18H2,1H3,(H,19,20). The van der Waals surface area contributed by atoms with Crippen LogP contribution in [0.15, 0.2) is 18.2 Å². The number of halogens is 1. The highest BCUT2D eigenvalue weighted by Crippen LogP contribution is 2.38. The third-order valence-corrected chi connectivity index (χ3v) is 4.09. The Morgan fingerprint density at radius 3 is 2.86 bits per heavy atom. The van der Waals surface area contributed by atoms with Gasteiger partial charge in [0.15, 0.2) is 0 Å². The van der Waals surface area contributed by atoms with Crippen molar-refractivity contribution >= 4 is 23.2 Å². The molecule has 5 heteroatoms. The van der Waals surface area contributed by atoms with E-state index in [4.69, 9.17) is 22.1 Å². The lowest BCUT2D eigenvalue weighted by molar-refractivity contribution is -0.129. The normalized spacial score (nSPS) is 15.6. The van der Waals surface area contributed by atoms with Crippen LogP contribution in [0.2, 0.25) is 5.02 Å². The first-order valence-electron chi connectivity index (χ1n) is 6.92. The quantitative estimate of drug-likeness (QED) is 0.840. The highest BCUT2D eigenvalue weighted by atomic mass is 35.5. The maximum atomic E-state index is 12.1. The van der Waals surface area contributed by atoms with Crippen LogP contribution in [0.4, 0.5) is 5.69 Å². The minimum absolute atomic E-state index is 0.0587. The second kappa shape index (κ2) is 6.95. The topological polar surface area (TPSA) is 64.3 Å². The van der Waals surface area contributed by atoms with Crippen LogP contribution in [-0.2, 0) is 9.53 Å². The molecule has 4 nitrogen and oxygen atoms in total. The summed E-state index contributed by atoms with van der Waals surface area (Å²) in [6.07, 6.45) is 3.35. The van der Waals surface area contributed by atoms with E-state index in [1.54, 1.807) is 25.3 Å². The minimum Gasteiger partial charge on any atom is -0.378 e. The van der Waals surface area contributed by atoms with Crippen LogP contribution in [0.25, 0.3) is 0 Å². The number of rotatable bonds is 4. The van der Waals surface area contributed by atoms with E-state index in [2.05, 4.69) is 17.2 Å². The summed E-state index contributed by atoms with van der Waals surface area (Å²) in [6.45, 7) is 0.267. The van der Waals surface area contributed by atoms with E-state index < -0.39 is 0 Å². The predicted molar refractivity (Wildman–Crippen MR) is 84.2 cm³/mol. The monoisotopic (exact) mass is 306 g/mol. The van der Waals surface area contributed by atoms with E-state index in [-0.39, 0.29) is 18.1 Å². The minimum atomic E-state index is -0.279. The number of amides is 1. The van der Waals surface area contributed by atoms with Crippen molar-refractivity contribution < 1.29 is 9.53 Å². The smallest absolute Gasteiger partial charge is 0.227 e. The fraction of sp³-hybridized carbons (Fsp3) is 0.438. The number of hydrogen-bond acceptors (Lipinski definition) is 3. The lowest BCUT2D eigenvalue weighted by Crippen LogP contribution is -2.42. The van der Waals surface area contributed by atoms with Gasteiger partial charge in [-0.25, -0.2) is 0 Å². The lowest BCUT2D eigenvalue weighted by atomic mass is 9.77. The van der Waals surface area contributed by atoms with Gasteiger partial charge in [0.25, 0.3) is 0 Å². The highest BCUT2D eigenvalue weighted by molar-refractivity contribution is 6.31. The molecule has 1 aromatic rings. The van der Waals surface area contributed by atoms with Gasteiger partial charge >= 0.3 is 0 Å². The molecule has 0 radical (unpaired) electrons. The van der Waals surface area contributed by atoms with Crippen LogP contribution in [0.5, 0.6) is 0 Å². The number of benzene rings is 1. The maximum Gasteiger partial charge on any atom is 0.227 e. The van der Waals surface area contributed by atoms with E-state index in [0.717, 1.165) is 19.3 Å². The summed E-state index contributed by atoms with van der Waals surface area (Å²) in [5, 5.41) is 3.41. The Labute approximate surface area is 130 Å². The summed E-state index contributed by atoms with van der Waals surface area (Å²) < 4.78 is 5.46. The van der Waals surface area contributed by atoms with Gasteiger partial charge in [0.05, 0.1) is 23.6 Å². The second-order valence-electron chi connectivity index (χ2n) is 5.17. The molecule has 3 N–H and O–H groups in total. The molecule has 1 aliphatic carbocycles. The van der Waals surface area contributed by atoms with Crippen molar-refractivity contribution in [2.75, 3.05) is 19.0 Å². The summed E-state index contributed by atoms with van der Waals surface area (Å²) in [5.74, 6) is 5.58. The number of ether oxygens (including phenoxy) is 1. The van der Waals surface area contributed by atoms with Gasteiger partial charge < -0.3 is 15.8 Å². The molecule has 0 unspecified atom stereocenters. The molecular weight excluding hydrogens is 288 g/mol. The third kappa shape index (κ3) is 3.98. The predicted octanol–water partition coefficient (Wildman–Crippen LogP) is 2.55. The number of anilines is 1. The van der Waals surface area contributed by atoms with Crippen LogP contribution in [0.1, 0.15) is 31.2 Å². The summed E-state index contributed by atoms with van der Waals surface area (Å²) in [5.41, 5.74) is 6.41. The molecule has 1 aliphatic rings. The van der Waals surface area contributed by atoms with E-state index >= 15 is 0 Å². The number of hydrogen-bond donors (Lipinski definition) is 2. The van der Waals surface area contributed by atoms with Crippen molar-refractivity contribution in [3.63, 3.8) is 0 Å². The zero-order chi connectivity index (χ0) is 15.3. The highest BCUT2D eigenvalue weighted by Gasteiger charge is 2.38. The molecule has 21 heavy (non-hydrogen) atoms. The molecular formula is C16H19ClN2O2. The van der Waals surface area contributed by atoms with Gasteiger partial charge in [-0.2, -0.15) is 0 Å². The average Bonchev–Trinajstić information content (AvgIpc) is 2.43. The zero-order valence-corrected chi connectivity index (χ0v) is 12.8. The van der Waals surface area contributed by atoms with E-state index in [9.17, 15) is 4.79 Å². The molecule has 0 saturated heterocycles. The maximum absolute atomic E-state index is 12.1. The molecule has 0 spiro atoms. The summed E-state index contributed by atoms with van der Waals surface area (Å²) in [4.78, 5) is 12.1. The Hall–Kier alpha value is -1.54. The molecule has 0 heterocycles. The number of nitrogens with two attached hydrogens (primary N) is 1. The fourth-order valence-corrected chi connectivity index (χ4v) is 2.53. The molecule has 1 aromatic carbocycles. The molecule has 0 atom stereocenters. The molecule has 1 amide bonds. The second-order valence-corrected chi connectivity index (χ2v) is 5.57. The van der Waals surface area contributed by atoms with Gasteiger partial charge in [0, 0.05) is 18.4 Å². The van der Waals surface area contributed by atoms with Gasteiger partial charge in [-0.1, -0.05) is 23.4 Å². The van der Waals surface area contributed by atoms with Crippen molar-refractivity contribution in [1.82, 2.24) is 0 Å². The first-order chi connectivity index (χ1) is 10.1. The van der Waals surface area contributed by atoms with Crippen molar-refractivity contribution in [3.8, 4) is 11.8 Å². The van der Waals surface area contributed by atoms with Crippen LogP contribution in [-0.4, -0.2) is 25.2 Å². The SMILES string of the molecule is COC1(CC(=O)Nc2ccc(Cl)c(C#CCN)c2)CCC1. The Morgan fingerprint density at radius 2 is 2.29 bits per heavy atom. The number of methoxy groups -OCH3 is 1. The number of carbonyl (C=O) groups is 1. The van der Waals surface area contributed by atoms with Crippen LogP contribution >= 0.6 is 11.6 Å². The summed E-state index contributed by atoms with van der Waals surface area (Å²) in [7, 11) is 1.66. The number of nitrogens with one attached hydrogen (secondary N) is 1. The van der Waals surface area contributed by atoms with Crippen molar-refractivity contribution in [3.05, 3.63) is 28.8 Å². The van der Waals surface area contributed by atoms with Gasteiger partial charge in [-0.05, 0) is 37.5 Å². The molecule has 2 rings (SSSR count). The van der Waals surface area contributed by atoms with E-state index in [0.29, 0.717) is 22.7 Å². The lowest BCUT2D eigenvalue weighted by Gasteiger charge is -2.39.